The first-order valence-electron chi connectivity index (χ1n) is 7.19. The highest BCUT2D eigenvalue weighted by Crippen LogP contribution is 2.26. The van der Waals surface area contributed by atoms with Gasteiger partial charge in [0, 0.05) is 22.3 Å². The SMILES string of the molecule is N#CSc1ccc(Nc2ncc(-c3ccccc3)cc2C#N)cc1. The lowest BCUT2D eigenvalue weighted by Gasteiger charge is -2.09. The molecular weight excluding hydrogens is 316 g/mol. The molecule has 2 aromatic carbocycles. The van der Waals surface area contributed by atoms with Crippen molar-refractivity contribution in [1.82, 2.24) is 4.98 Å². The summed E-state index contributed by atoms with van der Waals surface area (Å²) in [5, 5.41) is 23.3. The summed E-state index contributed by atoms with van der Waals surface area (Å²) in [6.07, 6.45) is 1.75. The van der Waals surface area contributed by atoms with Crippen LogP contribution in [0.15, 0.2) is 71.8 Å². The topological polar surface area (TPSA) is 72.5 Å². The third kappa shape index (κ3) is 3.55. The Morgan fingerprint density at radius 1 is 0.917 bits per heavy atom. The van der Waals surface area contributed by atoms with E-state index in [4.69, 9.17) is 5.26 Å². The van der Waals surface area contributed by atoms with Crippen LogP contribution in [0.25, 0.3) is 11.1 Å². The molecule has 0 aliphatic rings. The highest BCUT2D eigenvalue weighted by atomic mass is 32.2. The van der Waals surface area contributed by atoms with Gasteiger partial charge in [0.1, 0.15) is 17.3 Å². The van der Waals surface area contributed by atoms with Crippen molar-refractivity contribution in [2.75, 3.05) is 5.32 Å². The van der Waals surface area contributed by atoms with Crippen LogP contribution in [0.5, 0.6) is 0 Å². The van der Waals surface area contributed by atoms with Gasteiger partial charge in [-0.2, -0.15) is 10.5 Å². The molecule has 4 nitrogen and oxygen atoms in total. The molecule has 0 aliphatic heterocycles. The van der Waals surface area contributed by atoms with Gasteiger partial charge in [0.25, 0.3) is 0 Å². The molecule has 0 spiro atoms. The van der Waals surface area contributed by atoms with Crippen molar-refractivity contribution in [2.45, 2.75) is 4.90 Å². The molecule has 0 unspecified atom stereocenters. The van der Waals surface area contributed by atoms with E-state index in [1.54, 1.807) is 6.20 Å². The fraction of sp³-hybridized carbons (Fsp3) is 0. The van der Waals surface area contributed by atoms with Gasteiger partial charge in [-0.15, -0.1) is 0 Å². The van der Waals surface area contributed by atoms with Gasteiger partial charge < -0.3 is 5.32 Å². The summed E-state index contributed by atoms with van der Waals surface area (Å²) in [5.41, 5.74) is 3.21. The van der Waals surface area contributed by atoms with Crippen molar-refractivity contribution in [3.63, 3.8) is 0 Å². The molecule has 0 amide bonds. The minimum absolute atomic E-state index is 0.479. The molecule has 0 aliphatic carbocycles. The molecule has 3 aromatic rings. The van der Waals surface area contributed by atoms with Crippen LogP contribution < -0.4 is 5.32 Å². The summed E-state index contributed by atoms with van der Waals surface area (Å²) in [4.78, 5) is 5.26. The number of nitrogens with one attached hydrogen (secondary N) is 1. The van der Waals surface area contributed by atoms with Crippen molar-refractivity contribution in [2.24, 2.45) is 0 Å². The molecule has 0 bridgehead atoms. The number of thioether (sulfide) groups is 1. The predicted octanol–water partition coefficient (Wildman–Crippen LogP) is 4.94. The van der Waals surface area contributed by atoms with E-state index in [1.165, 1.54) is 0 Å². The number of nitrogens with zero attached hydrogens (tertiary/aromatic N) is 3. The Morgan fingerprint density at radius 2 is 1.67 bits per heavy atom. The molecule has 0 fully saturated rings. The van der Waals surface area contributed by atoms with E-state index >= 15 is 0 Å². The standard InChI is InChI=1S/C19H12N4S/c20-11-15-10-16(14-4-2-1-3-5-14)12-22-19(15)23-17-6-8-18(9-7-17)24-13-21/h1-10,12H,(H,22,23). The van der Waals surface area contributed by atoms with E-state index in [1.807, 2.05) is 66.1 Å². The maximum absolute atomic E-state index is 9.41. The Labute approximate surface area is 144 Å². The van der Waals surface area contributed by atoms with Gasteiger partial charge in [0.2, 0.25) is 0 Å². The number of hydrogen-bond donors (Lipinski definition) is 1. The Morgan fingerprint density at radius 3 is 2.33 bits per heavy atom. The molecule has 1 heterocycles. The van der Waals surface area contributed by atoms with E-state index in [0.717, 1.165) is 33.5 Å². The first kappa shape index (κ1) is 15.6. The average Bonchev–Trinajstić information content (AvgIpc) is 2.64. The zero-order chi connectivity index (χ0) is 16.8. The second kappa shape index (κ2) is 7.32. The molecule has 0 radical (unpaired) electrons. The van der Waals surface area contributed by atoms with Gasteiger partial charge in [-0.05, 0) is 47.7 Å². The molecule has 1 N–H and O–H groups in total. The van der Waals surface area contributed by atoms with Gasteiger partial charge in [-0.3, -0.25) is 0 Å². The van der Waals surface area contributed by atoms with Crippen LogP contribution >= 0.6 is 11.8 Å². The van der Waals surface area contributed by atoms with E-state index < -0.39 is 0 Å². The Hall–Kier alpha value is -3.28. The fourth-order valence-electron chi connectivity index (χ4n) is 2.23. The summed E-state index contributed by atoms with van der Waals surface area (Å²) in [5.74, 6) is 0.512. The number of benzene rings is 2. The zero-order valence-corrected chi connectivity index (χ0v) is 13.4. The van der Waals surface area contributed by atoms with Gasteiger partial charge >= 0.3 is 0 Å². The molecular formula is C19H12N4S. The van der Waals surface area contributed by atoms with Crippen molar-refractivity contribution >= 4 is 23.3 Å². The predicted molar refractivity (Wildman–Crippen MR) is 95.6 cm³/mol. The van der Waals surface area contributed by atoms with E-state index in [2.05, 4.69) is 16.4 Å². The number of hydrogen-bond acceptors (Lipinski definition) is 5. The first-order chi connectivity index (χ1) is 11.8. The number of pyridine rings is 1. The van der Waals surface area contributed by atoms with Crippen molar-refractivity contribution in [3.8, 4) is 22.6 Å². The highest BCUT2D eigenvalue weighted by Gasteiger charge is 2.07. The van der Waals surface area contributed by atoms with Gasteiger partial charge in [0.05, 0.1) is 5.56 Å². The van der Waals surface area contributed by atoms with E-state index in [0.29, 0.717) is 11.4 Å². The number of rotatable bonds is 4. The summed E-state index contributed by atoms with van der Waals surface area (Å²) in [7, 11) is 0. The van der Waals surface area contributed by atoms with Crippen molar-refractivity contribution in [1.29, 1.82) is 10.5 Å². The number of anilines is 2. The Bertz CT molecular complexity index is 922. The number of aromatic nitrogens is 1. The van der Waals surface area contributed by atoms with Gasteiger partial charge in [-0.25, -0.2) is 4.98 Å². The fourth-order valence-corrected chi connectivity index (χ4v) is 2.61. The molecule has 5 heteroatoms. The lowest BCUT2D eigenvalue weighted by atomic mass is 10.1. The average molecular weight is 328 g/mol. The van der Waals surface area contributed by atoms with E-state index in [9.17, 15) is 5.26 Å². The quantitative estimate of drug-likeness (QED) is 0.542. The summed E-state index contributed by atoms with van der Waals surface area (Å²) in [6.45, 7) is 0. The molecule has 0 saturated carbocycles. The van der Waals surface area contributed by atoms with Crippen LogP contribution in [0.2, 0.25) is 0 Å². The maximum atomic E-state index is 9.41. The first-order valence-corrected chi connectivity index (χ1v) is 8.00. The summed E-state index contributed by atoms with van der Waals surface area (Å²) < 4.78 is 0. The van der Waals surface area contributed by atoms with Crippen LogP contribution in [0.1, 0.15) is 5.56 Å². The highest BCUT2D eigenvalue weighted by molar-refractivity contribution is 8.03. The largest absolute Gasteiger partial charge is 0.339 e. The second-order valence-electron chi connectivity index (χ2n) is 4.94. The monoisotopic (exact) mass is 328 g/mol. The Balaban J connectivity index is 1.86. The summed E-state index contributed by atoms with van der Waals surface area (Å²) in [6, 6.07) is 21.2. The molecule has 1 aromatic heterocycles. The van der Waals surface area contributed by atoms with Crippen LogP contribution in [-0.2, 0) is 0 Å². The lowest BCUT2D eigenvalue weighted by molar-refractivity contribution is 1.28. The van der Waals surface area contributed by atoms with Crippen LogP contribution in [0, 0.1) is 22.0 Å². The minimum atomic E-state index is 0.479. The Kier molecular flexibility index (Phi) is 4.76. The van der Waals surface area contributed by atoms with Crippen molar-refractivity contribution < 1.29 is 0 Å². The third-order valence-electron chi connectivity index (χ3n) is 3.40. The third-order valence-corrected chi connectivity index (χ3v) is 3.99. The normalized spacial score (nSPS) is 9.75. The number of thiocyanates is 1. The zero-order valence-electron chi connectivity index (χ0n) is 12.6. The number of nitriles is 2. The van der Waals surface area contributed by atoms with Crippen molar-refractivity contribution in [3.05, 3.63) is 72.4 Å². The van der Waals surface area contributed by atoms with Gasteiger partial charge in [-0.1, -0.05) is 30.3 Å². The molecule has 114 valence electrons. The second-order valence-corrected chi connectivity index (χ2v) is 5.80. The summed E-state index contributed by atoms with van der Waals surface area (Å²) >= 11 is 1.11. The smallest absolute Gasteiger partial charge is 0.148 e. The molecule has 3 rings (SSSR count). The molecule has 0 saturated heterocycles. The van der Waals surface area contributed by atoms with Crippen LogP contribution in [0.4, 0.5) is 11.5 Å². The lowest BCUT2D eigenvalue weighted by Crippen LogP contribution is -1.97. The van der Waals surface area contributed by atoms with Crippen LogP contribution in [0.3, 0.4) is 0 Å². The van der Waals surface area contributed by atoms with E-state index in [-0.39, 0.29) is 0 Å². The molecule has 0 atom stereocenters. The van der Waals surface area contributed by atoms with Gasteiger partial charge in [0.15, 0.2) is 0 Å². The minimum Gasteiger partial charge on any atom is -0.339 e. The maximum Gasteiger partial charge on any atom is 0.148 e. The van der Waals surface area contributed by atoms with Crippen LogP contribution in [-0.4, -0.2) is 4.98 Å². The molecule has 24 heavy (non-hydrogen) atoms.